The molecule has 0 spiro atoms. The van der Waals surface area contributed by atoms with Crippen LogP contribution in [0.1, 0.15) is 40.0 Å². The van der Waals surface area contributed by atoms with E-state index in [1.807, 2.05) is 0 Å². The second-order valence-corrected chi connectivity index (χ2v) is 6.83. The van der Waals surface area contributed by atoms with Crippen LogP contribution in [0.5, 0.6) is 0 Å². The highest BCUT2D eigenvalue weighted by Gasteiger charge is 2.50. The Hall–Kier alpha value is 0.770. The predicted molar refractivity (Wildman–Crippen MR) is 70.8 cm³/mol. The summed E-state index contributed by atoms with van der Waals surface area (Å²) in [5, 5.41) is -9.09. The van der Waals surface area contributed by atoms with E-state index >= 15 is 0 Å². The SMILES string of the molecule is CCC(F)(Cl)OP(=O)(OC(F)(Cl)CC)OC(F)(Cl)CC. The standard InChI is InChI=1S/C9H15Cl3F3O4P/c1-4-7(10,13)17-20(16,18-8(11,14)5-2)19-9(12,15)6-3/h4-6H2,1-3H3. The summed E-state index contributed by atoms with van der Waals surface area (Å²) >= 11 is 15.6. The van der Waals surface area contributed by atoms with Crippen LogP contribution in [0.3, 0.4) is 0 Å². The van der Waals surface area contributed by atoms with Gasteiger partial charge in [0.25, 0.3) is 15.9 Å². The molecule has 3 unspecified atom stereocenters. The number of phosphoric ester groups is 1. The summed E-state index contributed by atoms with van der Waals surface area (Å²) in [6.45, 7) is 3.68. The molecule has 0 radical (unpaired) electrons. The summed E-state index contributed by atoms with van der Waals surface area (Å²) in [6, 6.07) is 0. The first-order valence-corrected chi connectivity index (χ1v) is 8.25. The van der Waals surface area contributed by atoms with Gasteiger partial charge in [-0.2, -0.15) is 13.2 Å². The van der Waals surface area contributed by atoms with Crippen LogP contribution >= 0.6 is 42.6 Å². The minimum Gasteiger partial charge on any atom is -0.234 e. The van der Waals surface area contributed by atoms with E-state index in [9.17, 15) is 17.7 Å². The molecule has 0 aromatic heterocycles. The van der Waals surface area contributed by atoms with Crippen LogP contribution in [-0.2, 0) is 18.1 Å². The summed E-state index contributed by atoms with van der Waals surface area (Å²) in [6.07, 6.45) is -1.52. The average Bonchev–Trinajstić information content (AvgIpc) is 2.26. The van der Waals surface area contributed by atoms with Crippen molar-refractivity contribution in [2.75, 3.05) is 0 Å². The number of hydrogen-bond donors (Lipinski definition) is 0. The van der Waals surface area contributed by atoms with E-state index in [0.717, 1.165) is 0 Å². The second-order valence-electron chi connectivity index (χ2n) is 3.69. The lowest BCUT2D eigenvalue weighted by Crippen LogP contribution is -2.27. The van der Waals surface area contributed by atoms with E-state index in [1.54, 1.807) is 0 Å². The number of halogens is 6. The molecule has 0 aromatic carbocycles. The quantitative estimate of drug-likeness (QED) is 0.365. The molecule has 0 saturated carbocycles. The summed E-state index contributed by atoms with van der Waals surface area (Å²) < 4.78 is 65.4. The van der Waals surface area contributed by atoms with Gasteiger partial charge < -0.3 is 0 Å². The van der Waals surface area contributed by atoms with E-state index in [2.05, 4.69) is 13.6 Å². The molecule has 0 N–H and O–H groups in total. The molecular formula is C9H15Cl3F3O4P. The van der Waals surface area contributed by atoms with Gasteiger partial charge in [0.2, 0.25) is 0 Å². The maximum Gasteiger partial charge on any atom is 0.486 e. The zero-order valence-electron chi connectivity index (χ0n) is 11.0. The number of hydrogen-bond acceptors (Lipinski definition) is 4. The Balaban J connectivity index is 5.29. The molecule has 0 rings (SSSR count). The lowest BCUT2D eigenvalue weighted by Gasteiger charge is -2.29. The van der Waals surface area contributed by atoms with Crippen molar-refractivity contribution >= 4 is 42.6 Å². The zero-order valence-corrected chi connectivity index (χ0v) is 14.1. The van der Waals surface area contributed by atoms with Gasteiger partial charge in [0.15, 0.2) is 0 Å². The first-order valence-electron chi connectivity index (χ1n) is 5.66. The molecule has 4 nitrogen and oxygen atoms in total. The van der Waals surface area contributed by atoms with Gasteiger partial charge in [-0.15, -0.1) is 0 Å². The van der Waals surface area contributed by atoms with Crippen LogP contribution in [0.4, 0.5) is 13.2 Å². The Kier molecular flexibility index (Phi) is 7.64. The van der Waals surface area contributed by atoms with Crippen molar-refractivity contribution in [1.29, 1.82) is 0 Å². The minimum absolute atomic E-state index is 0.507. The molecule has 0 heterocycles. The van der Waals surface area contributed by atoms with E-state index in [0.29, 0.717) is 0 Å². The van der Waals surface area contributed by atoms with Crippen LogP contribution in [0, 0.1) is 0 Å². The molecule has 0 aliphatic heterocycles. The van der Waals surface area contributed by atoms with Crippen LogP contribution < -0.4 is 0 Å². The second kappa shape index (κ2) is 7.36. The fourth-order valence-corrected chi connectivity index (χ4v) is 2.98. The predicted octanol–water partition coefficient (Wildman–Crippen LogP) is 5.96. The monoisotopic (exact) mass is 380 g/mol. The molecule has 11 heteroatoms. The maximum absolute atomic E-state index is 13.6. The van der Waals surface area contributed by atoms with Crippen molar-refractivity contribution in [2.45, 2.75) is 56.0 Å². The third-order valence-corrected chi connectivity index (χ3v) is 4.87. The van der Waals surface area contributed by atoms with E-state index in [-0.39, 0.29) is 0 Å². The Morgan fingerprint density at radius 2 is 1.00 bits per heavy atom. The highest BCUT2D eigenvalue weighted by Crippen LogP contribution is 2.61. The molecule has 0 aromatic rings. The van der Waals surface area contributed by atoms with Gasteiger partial charge in [0.1, 0.15) is 0 Å². The number of phosphoric acid groups is 1. The smallest absolute Gasteiger partial charge is 0.234 e. The first kappa shape index (κ1) is 20.8. The first-order chi connectivity index (χ1) is 8.80. The van der Waals surface area contributed by atoms with Crippen molar-refractivity contribution in [3.63, 3.8) is 0 Å². The summed E-state index contributed by atoms with van der Waals surface area (Å²) in [7, 11) is -5.15. The fourth-order valence-electron chi connectivity index (χ4n) is 0.740. The Morgan fingerprint density at radius 3 is 1.15 bits per heavy atom. The molecular weight excluding hydrogens is 366 g/mol. The van der Waals surface area contributed by atoms with E-state index in [1.165, 1.54) is 20.8 Å². The van der Waals surface area contributed by atoms with Crippen LogP contribution in [0.25, 0.3) is 0 Å². The average molecular weight is 382 g/mol. The van der Waals surface area contributed by atoms with Crippen LogP contribution in [0.2, 0.25) is 0 Å². The lowest BCUT2D eigenvalue weighted by molar-refractivity contribution is -0.100. The number of rotatable bonds is 9. The Bertz CT molecular complexity index is 316. The molecule has 0 saturated heterocycles. The van der Waals surface area contributed by atoms with Gasteiger partial charge in [-0.1, -0.05) is 55.6 Å². The highest BCUT2D eigenvalue weighted by atomic mass is 35.5. The highest BCUT2D eigenvalue weighted by molar-refractivity contribution is 7.48. The van der Waals surface area contributed by atoms with Gasteiger partial charge in [0, 0.05) is 19.3 Å². The van der Waals surface area contributed by atoms with Crippen molar-refractivity contribution < 1.29 is 31.3 Å². The summed E-state index contributed by atoms with van der Waals surface area (Å²) in [5.41, 5.74) is 0. The van der Waals surface area contributed by atoms with E-state index in [4.69, 9.17) is 34.8 Å². The third-order valence-electron chi connectivity index (χ3n) is 1.97. The minimum atomic E-state index is -5.15. The molecule has 0 bridgehead atoms. The zero-order chi connectivity index (χ0) is 16.2. The topological polar surface area (TPSA) is 44.8 Å². The number of alkyl halides is 6. The summed E-state index contributed by atoms with van der Waals surface area (Å²) in [4.78, 5) is 0. The lowest BCUT2D eigenvalue weighted by atomic mass is 10.5. The molecule has 0 aliphatic rings. The van der Waals surface area contributed by atoms with Crippen molar-refractivity contribution in [3.05, 3.63) is 0 Å². The molecule has 122 valence electrons. The fraction of sp³-hybridized carbons (Fsp3) is 1.00. The Morgan fingerprint density at radius 1 is 0.800 bits per heavy atom. The summed E-state index contributed by atoms with van der Waals surface area (Å²) in [5.74, 6) is 0. The van der Waals surface area contributed by atoms with Gasteiger partial charge in [0.05, 0.1) is 0 Å². The van der Waals surface area contributed by atoms with Gasteiger partial charge in [-0.25, -0.2) is 18.1 Å². The third kappa shape index (κ3) is 7.69. The van der Waals surface area contributed by atoms with Gasteiger partial charge in [-0.05, 0) is 0 Å². The molecule has 0 fully saturated rings. The van der Waals surface area contributed by atoms with Crippen molar-refractivity contribution in [2.24, 2.45) is 0 Å². The van der Waals surface area contributed by atoms with E-state index < -0.39 is 43.0 Å². The molecule has 0 amide bonds. The van der Waals surface area contributed by atoms with Crippen LogP contribution in [0.15, 0.2) is 0 Å². The Labute approximate surface area is 130 Å². The largest absolute Gasteiger partial charge is 0.486 e. The van der Waals surface area contributed by atoms with Crippen molar-refractivity contribution in [1.82, 2.24) is 0 Å². The normalized spacial score (nSPS) is 24.2. The van der Waals surface area contributed by atoms with Gasteiger partial charge >= 0.3 is 7.82 Å². The maximum atomic E-state index is 13.6. The van der Waals surface area contributed by atoms with Gasteiger partial charge in [-0.3, -0.25) is 0 Å². The molecule has 20 heavy (non-hydrogen) atoms. The molecule has 3 atom stereocenters. The van der Waals surface area contributed by atoms with Crippen molar-refractivity contribution in [3.8, 4) is 0 Å². The molecule has 0 aliphatic carbocycles. The van der Waals surface area contributed by atoms with Crippen LogP contribution in [-0.4, -0.2) is 15.9 Å².